The van der Waals surface area contributed by atoms with E-state index in [-0.39, 0.29) is 24.8 Å². The first kappa shape index (κ1) is 24.2. The van der Waals surface area contributed by atoms with Crippen molar-refractivity contribution in [1.29, 1.82) is 0 Å². The smallest absolute Gasteiger partial charge is 0.203 e. The number of hydrogen-bond acceptors (Lipinski definition) is 5. The molecule has 5 nitrogen and oxygen atoms in total. The summed E-state index contributed by atoms with van der Waals surface area (Å²) < 4.78 is 16.9. The van der Waals surface area contributed by atoms with Crippen LogP contribution in [0.4, 0.5) is 0 Å². The van der Waals surface area contributed by atoms with E-state index in [0.717, 1.165) is 37.7 Å². The van der Waals surface area contributed by atoms with E-state index in [0.29, 0.717) is 17.7 Å². The Bertz CT molecular complexity index is 544. The van der Waals surface area contributed by atoms with Gasteiger partial charge in [0, 0.05) is 37.8 Å². The molecule has 27 heavy (non-hydrogen) atoms. The summed E-state index contributed by atoms with van der Waals surface area (Å²) in [6.07, 6.45) is 6.64. The van der Waals surface area contributed by atoms with Gasteiger partial charge < -0.3 is 19.5 Å². The first-order valence-electron chi connectivity index (χ1n) is 9.53. The number of benzene rings is 1. The third-order valence-electron chi connectivity index (χ3n) is 5.69. The molecule has 1 atom stereocenters. The highest BCUT2D eigenvalue weighted by molar-refractivity contribution is 5.85. The Kier molecular flexibility index (Phi) is 10.6. The summed E-state index contributed by atoms with van der Waals surface area (Å²) in [5.74, 6) is 2.94. The predicted molar refractivity (Wildman–Crippen MR) is 114 cm³/mol. The summed E-state index contributed by atoms with van der Waals surface area (Å²) in [6, 6.07) is 4.59. The quantitative estimate of drug-likeness (QED) is 0.750. The van der Waals surface area contributed by atoms with E-state index < -0.39 is 0 Å². The molecule has 1 N–H and O–H groups in total. The Balaban J connectivity index is 0.00000182. The molecular weight excluding hydrogens is 387 g/mol. The lowest BCUT2D eigenvalue weighted by Crippen LogP contribution is -2.47. The van der Waals surface area contributed by atoms with Crippen molar-refractivity contribution in [1.82, 2.24) is 10.2 Å². The Hall–Kier alpha value is -0.880. The molecule has 2 aliphatic rings. The van der Waals surface area contributed by atoms with Gasteiger partial charge in [0.05, 0.1) is 21.3 Å². The van der Waals surface area contributed by atoms with Crippen LogP contribution < -0.4 is 19.5 Å². The maximum Gasteiger partial charge on any atom is 0.203 e. The zero-order valence-electron chi connectivity index (χ0n) is 16.7. The Labute approximate surface area is 175 Å². The van der Waals surface area contributed by atoms with E-state index in [1.165, 1.54) is 37.7 Å². The molecule has 0 spiro atoms. The summed E-state index contributed by atoms with van der Waals surface area (Å²) in [4.78, 5) is 2.64. The topological polar surface area (TPSA) is 43.0 Å². The molecule has 0 amide bonds. The zero-order chi connectivity index (χ0) is 17.6. The molecule has 2 fully saturated rings. The van der Waals surface area contributed by atoms with Gasteiger partial charge in [0.1, 0.15) is 0 Å². The van der Waals surface area contributed by atoms with E-state index in [1.54, 1.807) is 21.3 Å². The van der Waals surface area contributed by atoms with Crippen molar-refractivity contribution in [3.63, 3.8) is 0 Å². The molecule has 1 aliphatic carbocycles. The minimum atomic E-state index is 0. The summed E-state index contributed by atoms with van der Waals surface area (Å²) in [7, 11) is 5.09. The van der Waals surface area contributed by atoms with Crippen molar-refractivity contribution in [3.8, 4) is 17.2 Å². The summed E-state index contributed by atoms with van der Waals surface area (Å²) >= 11 is 0. The highest BCUT2D eigenvalue weighted by atomic mass is 35.5. The van der Waals surface area contributed by atoms with E-state index in [2.05, 4.69) is 16.3 Å². The van der Waals surface area contributed by atoms with Crippen LogP contribution in [0.2, 0.25) is 0 Å². The molecule has 0 bridgehead atoms. The minimum Gasteiger partial charge on any atom is -0.493 e. The Morgan fingerprint density at radius 3 is 2.07 bits per heavy atom. The number of methoxy groups -OCH3 is 3. The number of nitrogens with zero attached hydrogens (tertiary/aromatic N) is 1. The van der Waals surface area contributed by atoms with Gasteiger partial charge in [-0.1, -0.05) is 19.3 Å². The van der Waals surface area contributed by atoms with Gasteiger partial charge in [0.25, 0.3) is 0 Å². The predicted octanol–water partition coefficient (Wildman–Crippen LogP) is 4.08. The van der Waals surface area contributed by atoms with Crippen molar-refractivity contribution in [3.05, 3.63) is 17.7 Å². The van der Waals surface area contributed by atoms with Crippen LogP contribution in [0.1, 0.15) is 43.7 Å². The van der Waals surface area contributed by atoms with Gasteiger partial charge in [-0.3, -0.25) is 4.90 Å². The number of hydrogen-bond donors (Lipinski definition) is 1. The highest BCUT2D eigenvalue weighted by Crippen LogP contribution is 2.47. The number of rotatable bonds is 6. The van der Waals surface area contributed by atoms with E-state index in [1.807, 2.05) is 6.07 Å². The fourth-order valence-electron chi connectivity index (χ4n) is 4.52. The largest absolute Gasteiger partial charge is 0.493 e. The molecule has 1 aromatic carbocycles. The van der Waals surface area contributed by atoms with E-state index in [4.69, 9.17) is 14.2 Å². The van der Waals surface area contributed by atoms with Gasteiger partial charge in [-0.25, -0.2) is 0 Å². The second-order valence-electron chi connectivity index (χ2n) is 7.05. The standard InChI is InChI=1S/C20H32N2O3.2ClH/c1-23-17-10-9-16(19(24-2)20(17)25-3)18(15-7-5-4-6-8-15)22-13-11-21-12-14-22;;/h9-10,15,18,21H,4-8,11-14H2,1-3H3;2*1H/t18-;;/m0../s1. The van der Waals surface area contributed by atoms with E-state index in [9.17, 15) is 0 Å². The summed E-state index contributed by atoms with van der Waals surface area (Å²) in [6.45, 7) is 4.27. The van der Waals surface area contributed by atoms with Gasteiger partial charge in [-0.2, -0.15) is 0 Å². The highest BCUT2D eigenvalue weighted by Gasteiger charge is 2.34. The van der Waals surface area contributed by atoms with Crippen LogP contribution in [0, 0.1) is 5.92 Å². The molecule has 0 aromatic heterocycles. The first-order valence-corrected chi connectivity index (χ1v) is 9.53. The zero-order valence-corrected chi connectivity index (χ0v) is 18.3. The number of halogens is 2. The van der Waals surface area contributed by atoms with Gasteiger partial charge in [0.15, 0.2) is 11.5 Å². The lowest BCUT2D eigenvalue weighted by Gasteiger charge is -2.41. The molecule has 1 saturated carbocycles. The number of nitrogens with one attached hydrogen (secondary N) is 1. The van der Waals surface area contributed by atoms with Crippen LogP contribution in [0.15, 0.2) is 12.1 Å². The third-order valence-corrected chi connectivity index (χ3v) is 5.69. The fraction of sp³-hybridized carbons (Fsp3) is 0.700. The van der Waals surface area contributed by atoms with Crippen molar-refractivity contribution < 1.29 is 14.2 Å². The molecule has 1 heterocycles. The minimum absolute atomic E-state index is 0. The molecule has 156 valence electrons. The van der Waals surface area contributed by atoms with Crippen molar-refractivity contribution in [2.24, 2.45) is 5.92 Å². The van der Waals surface area contributed by atoms with Crippen LogP contribution in [0.3, 0.4) is 0 Å². The SMILES string of the molecule is COc1ccc([C@H](C2CCCCC2)N2CCNCC2)c(OC)c1OC.Cl.Cl. The molecule has 1 aromatic rings. The molecule has 1 saturated heterocycles. The monoisotopic (exact) mass is 420 g/mol. The fourth-order valence-corrected chi connectivity index (χ4v) is 4.52. The number of ether oxygens (including phenoxy) is 3. The third kappa shape index (κ3) is 5.35. The van der Waals surface area contributed by atoms with Crippen LogP contribution in [-0.2, 0) is 0 Å². The van der Waals surface area contributed by atoms with Crippen LogP contribution in [0.5, 0.6) is 17.2 Å². The second-order valence-corrected chi connectivity index (χ2v) is 7.05. The molecule has 1 aliphatic heterocycles. The maximum absolute atomic E-state index is 5.83. The molecule has 0 unspecified atom stereocenters. The molecule has 7 heteroatoms. The van der Waals surface area contributed by atoms with Gasteiger partial charge in [0.2, 0.25) is 5.75 Å². The van der Waals surface area contributed by atoms with Crippen molar-refractivity contribution >= 4 is 24.8 Å². The van der Waals surface area contributed by atoms with Crippen molar-refractivity contribution in [2.75, 3.05) is 47.5 Å². The van der Waals surface area contributed by atoms with E-state index >= 15 is 0 Å². The van der Waals surface area contributed by atoms with Gasteiger partial charge in [-0.05, 0) is 30.9 Å². The average molecular weight is 421 g/mol. The Morgan fingerprint density at radius 2 is 1.52 bits per heavy atom. The van der Waals surface area contributed by atoms with Gasteiger partial charge >= 0.3 is 0 Å². The summed E-state index contributed by atoms with van der Waals surface area (Å²) in [5.41, 5.74) is 1.24. The van der Waals surface area contributed by atoms with Crippen LogP contribution in [0.25, 0.3) is 0 Å². The first-order chi connectivity index (χ1) is 12.3. The van der Waals surface area contributed by atoms with Crippen molar-refractivity contribution in [2.45, 2.75) is 38.1 Å². The van der Waals surface area contributed by atoms with Crippen LogP contribution >= 0.6 is 24.8 Å². The number of piperazine rings is 1. The molecule has 3 rings (SSSR count). The normalized spacial score (nSPS) is 19.4. The summed E-state index contributed by atoms with van der Waals surface area (Å²) in [5, 5.41) is 3.48. The Morgan fingerprint density at radius 1 is 0.889 bits per heavy atom. The average Bonchev–Trinajstić information content (AvgIpc) is 2.69. The van der Waals surface area contributed by atoms with Crippen LogP contribution in [-0.4, -0.2) is 52.4 Å². The lowest BCUT2D eigenvalue weighted by molar-refractivity contribution is 0.101. The maximum atomic E-state index is 5.83. The van der Waals surface area contributed by atoms with Gasteiger partial charge in [-0.15, -0.1) is 24.8 Å². The second kappa shape index (κ2) is 11.8. The molecular formula is C20H34Cl2N2O3. The lowest BCUT2D eigenvalue weighted by atomic mass is 9.79. The molecule has 0 radical (unpaired) electrons.